The van der Waals surface area contributed by atoms with Crippen molar-refractivity contribution in [2.75, 3.05) is 11.3 Å². The SMILES string of the molecule is O=C(O)CCc1ccccc1OCCC(O)/C=C/c1cccc(NS(=O)(=O)c2ccccc2Cl)c1. The molecule has 0 aromatic heterocycles. The van der Waals surface area contributed by atoms with Gasteiger partial charge in [0.15, 0.2) is 0 Å². The van der Waals surface area contributed by atoms with Crippen molar-refractivity contribution in [1.82, 2.24) is 0 Å². The van der Waals surface area contributed by atoms with E-state index in [-0.39, 0.29) is 22.9 Å². The third-order valence-corrected chi connectivity index (χ3v) is 6.91. The molecule has 3 rings (SSSR count). The Morgan fingerprint density at radius 1 is 1.06 bits per heavy atom. The summed E-state index contributed by atoms with van der Waals surface area (Å²) in [5.74, 6) is -0.274. The zero-order chi connectivity index (χ0) is 25.3. The molecule has 3 aromatic rings. The third-order valence-electron chi connectivity index (χ3n) is 5.03. The molecule has 0 bridgehead atoms. The number of hydrogen-bond acceptors (Lipinski definition) is 5. The summed E-state index contributed by atoms with van der Waals surface area (Å²) >= 11 is 6.02. The highest BCUT2D eigenvalue weighted by Crippen LogP contribution is 2.24. The molecule has 1 atom stereocenters. The third kappa shape index (κ3) is 8.13. The summed E-state index contributed by atoms with van der Waals surface area (Å²) < 4.78 is 33.5. The lowest BCUT2D eigenvalue weighted by Gasteiger charge is -2.12. The Balaban J connectivity index is 1.56. The fourth-order valence-corrected chi connectivity index (χ4v) is 4.85. The molecular formula is C26H26ClNO6S. The van der Waals surface area contributed by atoms with Crippen molar-refractivity contribution >= 4 is 39.4 Å². The van der Waals surface area contributed by atoms with Crippen molar-refractivity contribution in [2.24, 2.45) is 0 Å². The lowest BCUT2D eigenvalue weighted by atomic mass is 10.1. The van der Waals surface area contributed by atoms with E-state index in [1.807, 2.05) is 18.2 Å². The Morgan fingerprint density at radius 2 is 1.80 bits per heavy atom. The number of carboxylic acid groups (broad SMARTS) is 1. The summed E-state index contributed by atoms with van der Waals surface area (Å²) in [6.45, 7) is 0.243. The van der Waals surface area contributed by atoms with Crippen LogP contribution in [0.3, 0.4) is 0 Å². The number of rotatable bonds is 12. The van der Waals surface area contributed by atoms with E-state index >= 15 is 0 Å². The van der Waals surface area contributed by atoms with Crippen LogP contribution in [0.15, 0.2) is 83.8 Å². The molecule has 0 fully saturated rings. The number of aliphatic hydroxyl groups is 1. The standard InChI is InChI=1S/C26H26ClNO6S/c27-23-9-2-4-11-25(23)35(32,33)28-21-8-5-6-19(18-21)12-14-22(29)16-17-34-24-10-3-1-7-20(24)13-15-26(30)31/h1-12,14,18,22,28-29H,13,15-17H2,(H,30,31)/b14-12+. The van der Waals surface area contributed by atoms with Crippen molar-refractivity contribution < 1.29 is 28.2 Å². The maximum atomic E-state index is 12.6. The fourth-order valence-electron chi connectivity index (χ4n) is 3.28. The summed E-state index contributed by atoms with van der Waals surface area (Å²) in [7, 11) is -3.85. The minimum Gasteiger partial charge on any atom is -0.493 e. The van der Waals surface area contributed by atoms with E-state index in [1.54, 1.807) is 54.6 Å². The molecular weight excluding hydrogens is 490 g/mol. The van der Waals surface area contributed by atoms with Crippen LogP contribution < -0.4 is 9.46 Å². The molecule has 0 aliphatic heterocycles. The zero-order valence-electron chi connectivity index (χ0n) is 18.8. The smallest absolute Gasteiger partial charge is 0.303 e. The number of halogens is 1. The summed E-state index contributed by atoms with van der Waals surface area (Å²) in [6.07, 6.45) is 3.21. The van der Waals surface area contributed by atoms with Gasteiger partial charge in [0.2, 0.25) is 0 Å². The number of aryl methyl sites for hydroxylation is 1. The average Bonchev–Trinajstić information content (AvgIpc) is 2.82. The van der Waals surface area contributed by atoms with Gasteiger partial charge < -0.3 is 14.9 Å². The molecule has 0 radical (unpaired) electrons. The lowest BCUT2D eigenvalue weighted by molar-refractivity contribution is -0.136. The molecule has 0 amide bonds. The number of aliphatic carboxylic acids is 1. The van der Waals surface area contributed by atoms with Crippen molar-refractivity contribution in [3.05, 3.63) is 95.0 Å². The molecule has 0 aliphatic rings. The lowest BCUT2D eigenvalue weighted by Crippen LogP contribution is -2.13. The number of nitrogens with one attached hydrogen (secondary N) is 1. The van der Waals surface area contributed by atoms with Crippen LogP contribution in [0, 0.1) is 0 Å². The van der Waals surface area contributed by atoms with Crippen LogP contribution in [0.2, 0.25) is 5.02 Å². The zero-order valence-corrected chi connectivity index (χ0v) is 20.4. The molecule has 0 saturated carbocycles. The van der Waals surface area contributed by atoms with Crippen LogP contribution in [0.5, 0.6) is 5.75 Å². The second-order valence-corrected chi connectivity index (χ2v) is 9.78. The maximum Gasteiger partial charge on any atom is 0.303 e. The summed E-state index contributed by atoms with van der Waals surface area (Å²) in [6, 6.07) is 20.2. The van der Waals surface area contributed by atoms with Crippen LogP contribution in [-0.2, 0) is 21.2 Å². The minimum absolute atomic E-state index is 0.0115. The quantitative estimate of drug-likeness (QED) is 0.313. The van der Waals surface area contributed by atoms with Gasteiger partial charge in [-0.25, -0.2) is 8.42 Å². The predicted octanol–water partition coefficient (Wildman–Crippen LogP) is 5.00. The second kappa shape index (κ2) is 12.4. The van der Waals surface area contributed by atoms with Gasteiger partial charge in [0.1, 0.15) is 10.6 Å². The van der Waals surface area contributed by atoms with E-state index in [0.29, 0.717) is 29.8 Å². The number of para-hydroxylation sites is 1. The topological polar surface area (TPSA) is 113 Å². The van der Waals surface area contributed by atoms with Crippen molar-refractivity contribution in [1.29, 1.82) is 0 Å². The maximum absolute atomic E-state index is 12.6. The van der Waals surface area contributed by atoms with Crippen LogP contribution in [-0.4, -0.2) is 37.3 Å². The van der Waals surface area contributed by atoms with E-state index in [4.69, 9.17) is 21.4 Å². The fraction of sp³-hybridized carbons (Fsp3) is 0.192. The number of anilines is 1. The van der Waals surface area contributed by atoms with Crippen molar-refractivity contribution in [3.63, 3.8) is 0 Å². The van der Waals surface area contributed by atoms with Gasteiger partial charge in [-0.15, -0.1) is 0 Å². The van der Waals surface area contributed by atoms with Crippen LogP contribution in [0.4, 0.5) is 5.69 Å². The van der Waals surface area contributed by atoms with Crippen LogP contribution in [0.1, 0.15) is 24.0 Å². The first kappa shape index (κ1) is 26.3. The number of aliphatic hydroxyl groups excluding tert-OH is 1. The Hall–Kier alpha value is -3.33. The largest absolute Gasteiger partial charge is 0.493 e. The summed E-state index contributed by atoms with van der Waals surface area (Å²) in [5, 5.41) is 19.3. The monoisotopic (exact) mass is 515 g/mol. The number of hydrogen-bond donors (Lipinski definition) is 3. The first-order chi connectivity index (χ1) is 16.7. The van der Waals surface area contributed by atoms with Crippen LogP contribution in [0.25, 0.3) is 6.08 Å². The molecule has 3 aromatic carbocycles. The van der Waals surface area contributed by atoms with Gasteiger partial charge >= 0.3 is 5.97 Å². The number of carbonyl (C=O) groups is 1. The molecule has 0 aliphatic carbocycles. The van der Waals surface area contributed by atoms with Crippen LogP contribution >= 0.6 is 11.6 Å². The molecule has 9 heteroatoms. The minimum atomic E-state index is -3.85. The van der Waals surface area contributed by atoms with Gasteiger partial charge in [-0.2, -0.15) is 0 Å². The molecule has 3 N–H and O–H groups in total. The molecule has 0 heterocycles. The molecule has 0 spiro atoms. The number of benzene rings is 3. The molecule has 0 saturated heterocycles. The highest BCUT2D eigenvalue weighted by atomic mass is 35.5. The summed E-state index contributed by atoms with van der Waals surface area (Å²) in [4.78, 5) is 10.8. The van der Waals surface area contributed by atoms with Crippen molar-refractivity contribution in [3.8, 4) is 5.75 Å². The van der Waals surface area contributed by atoms with Crippen molar-refractivity contribution in [2.45, 2.75) is 30.3 Å². The number of ether oxygens (including phenoxy) is 1. The van der Waals surface area contributed by atoms with Gasteiger partial charge in [0.05, 0.1) is 17.7 Å². The van der Waals surface area contributed by atoms with E-state index < -0.39 is 22.1 Å². The Kier molecular flexibility index (Phi) is 9.31. The first-order valence-electron chi connectivity index (χ1n) is 10.9. The highest BCUT2D eigenvalue weighted by Gasteiger charge is 2.17. The van der Waals surface area contributed by atoms with Gasteiger partial charge in [0, 0.05) is 18.5 Å². The van der Waals surface area contributed by atoms with Gasteiger partial charge in [0.25, 0.3) is 10.0 Å². The molecule has 35 heavy (non-hydrogen) atoms. The average molecular weight is 516 g/mol. The van der Waals surface area contributed by atoms with E-state index in [0.717, 1.165) is 5.56 Å². The number of sulfonamides is 1. The van der Waals surface area contributed by atoms with Gasteiger partial charge in [-0.3, -0.25) is 9.52 Å². The van der Waals surface area contributed by atoms with Gasteiger partial charge in [-0.1, -0.05) is 66.2 Å². The highest BCUT2D eigenvalue weighted by molar-refractivity contribution is 7.92. The normalized spacial score (nSPS) is 12.4. The predicted molar refractivity (Wildman–Crippen MR) is 136 cm³/mol. The van der Waals surface area contributed by atoms with E-state index in [9.17, 15) is 18.3 Å². The first-order valence-corrected chi connectivity index (χ1v) is 12.8. The van der Waals surface area contributed by atoms with E-state index in [2.05, 4.69) is 4.72 Å². The second-order valence-electron chi connectivity index (χ2n) is 7.73. The Morgan fingerprint density at radius 3 is 2.57 bits per heavy atom. The Bertz CT molecular complexity index is 1290. The number of carboxylic acids is 1. The van der Waals surface area contributed by atoms with Gasteiger partial charge in [-0.05, 0) is 47.9 Å². The molecule has 184 valence electrons. The van der Waals surface area contributed by atoms with E-state index in [1.165, 1.54) is 12.1 Å². The molecule has 1 unspecified atom stereocenters. The summed E-state index contributed by atoms with van der Waals surface area (Å²) in [5.41, 5.74) is 1.86. The molecule has 7 nitrogen and oxygen atoms in total. The Labute approximate surface area is 209 Å².